The molecule has 0 aliphatic heterocycles. The molecule has 0 bridgehead atoms. The summed E-state index contributed by atoms with van der Waals surface area (Å²) in [6.45, 7) is 5.18. The van der Waals surface area contributed by atoms with E-state index in [1.807, 2.05) is 12.1 Å². The van der Waals surface area contributed by atoms with Crippen molar-refractivity contribution in [1.29, 1.82) is 0 Å². The maximum atomic E-state index is 5.88. The van der Waals surface area contributed by atoms with Gasteiger partial charge in [0, 0.05) is 6.54 Å². The monoisotopic (exact) mass is 247 g/mol. The molecule has 1 aromatic rings. The van der Waals surface area contributed by atoms with Crippen molar-refractivity contribution < 1.29 is 4.74 Å². The van der Waals surface area contributed by atoms with Gasteiger partial charge in [0.2, 0.25) is 0 Å². The van der Waals surface area contributed by atoms with Crippen LogP contribution in [0.25, 0.3) is 0 Å². The van der Waals surface area contributed by atoms with Crippen molar-refractivity contribution in [3.8, 4) is 0 Å². The molecule has 0 spiro atoms. The lowest BCUT2D eigenvalue weighted by atomic mass is 10.2. The number of ether oxygens (including phenoxy) is 1. The summed E-state index contributed by atoms with van der Waals surface area (Å²) < 4.78 is 5.45. The molecule has 1 aromatic carbocycles. The number of rotatable bonds is 6. The number of halogens is 2. The Bertz CT molecular complexity index is 305. The van der Waals surface area contributed by atoms with Crippen LogP contribution < -0.4 is 5.32 Å². The van der Waals surface area contributed by atoms with Crippen molar-refractivity contribution in [2.45, 2.75) is 13.5 Å². The molecule has 0 saturated heterocycles. The van der Waals surface area contributed by atoms with Gasteiger partial charge >= 0.3 is 0 Å². The average Bonchev–Trinajstić information content (AvgIpc) is 2.23. The summed E-state index contributed by atoms with van der Waals surface area (Å²) in [7, 11) is 0. The molecule has 1 rings (SSSR count). The molecule has 0 atom stereocenters. The summed E-state index contributed by atoms with van der Waals surface area (Å²) in [5, 5.41) is 4.33. The summed E-state index contributed by atoms with van der Waals surface area (Å²) in [5.41, 5.74) is 1.04. The van der Waals surface area contributed by atoms with Gasteiger partial charge in [-0.05, 0) is 24.2 Å². The van der Waals surface area contributed by atoms with Crippen molar-refractivity contribution >= 4 is 23.2 Å². The molecule has 0 aromatic heterocycles. The first kappa shape index (κ1) is 12.8. The molecule has 15 heavy (non-hydrogen) atoms. The predicted molar refractivity (Wildman–Crippen MR) is 64.7 cm³/mol. The van der Waals surface area contributed by atoms with Gasteiger partial charge in [-0.15, -0.1) is 0 Å². The second-order valence-electron chi connectivity index (χ2n) is 3.15. The zero-order valence-corrected chi connectivity index (χ0v) is 10.2. The molecule has 1 N–H and O–H groups in total. The van der Waals surface area contributed by atoms with E-state index in [4.69, 9.17) is 27.9 Å². The minimum atomic E-state index is 0.572. The van der Waals surface area contributed by atoms with Crippen LogP contribution in [0.4, 0.5) is 0 Å². The molecule has 0 aliphatic carbocycles. The number of benzene rings is 1. The summed E-state index contributed by atoms with van der Waals surface area (Å²) in [4.78, 5) is 0. The molecular weight excluding hydrogens is 233 g/mol. The minimum absolute atomic E-state index is 0.572. The van der Waals surface area contributed by atoms with E-state index in [9.17, 15) is 0 Å². The third-order valence-electron chi connectivity index (χ3n) is 1.93. The maximum absolute atomic E-state index is 5.88. The summed E-state index contributed by atoms with van der Waals surface area (Å²) in [6.07, 6.45) is 0. The van der Waals surface area contributed by atoms with E-state index >= 15 is 0 Å². The number of nitrogens with one attached hydrogen (secondary N) is 1. The van der Waals surface area contributed by atoms with Crippen LogP contribution in [0.3, 0.4) is 0 Å². The van der Waals surface area contributed by atoms with Crippen LogP contribution in [0, 0.1) is 0 Å². The Morgan fingerprint density at radius 2 is 2.07 bits per heavy atom. The molecule has 2 nitrogen and oxygen atoms in total. The Morgan fingerprint density at radius 3 is 2.73 bits per heavy atom. The van der Waals surface area contributed by atoms with Gasteiger partial charge in [0.1, 0.15) is 0 Å². The first-order chi connectivity index (χ1) is 7.24. The van der Waals surface area contributed by atoms with Crippen molar-refractivity contribution in [2.75, 3.05) is 19.7 Å². The fourth-order valence-corrected chi connectivity index (χ4v) is 1.46. The standard InChI is InChI=1S/C11H15Cl2NO/c1-2-14-5-6-15-8-9-3-4-10(12)11(13)7-9/h3-4,7,14H,2,5-6,8H2,1H3. The van der Waals surface area contributed by atoms with Crippen molar-refractivity contribution in [3.05, 3.63) is 33.8 Å². The van der Waals surface area contributed by atoms with Crippen molar-refractivity contribution in [3.63, 3.8) is 0 Å². The smallest absolute Gasteiger partial charge is 0.0718 e. The Balaban J connectivity index is 2.28. The number of likely N-dealkylation sites (N-methyl/N-ethyl adjacent to an activating group) is 1. The molecule has 84 valence electrons. The molecule has 0 saturated carbocycles. The molecule has 0 radical (unpaired) electrons. The van der Waals surface area contributed by atoms with Crippen LogP contribution in [-0.4, -0.2) is 19.7 Å². The molecular formula is C11H15Cl2NO. The van der Waals surface area contributed by atoms with E-state index < -0.39 is 0 Å². The van der Waals surface area contributed by atoms with Crippen LogP contribution in [0.15, 0.2) is 18.2 Å². The SMILES string of the molecule is CCNCCOCc1ccc(Cl)c(Cl)c1. The third kappa shape index (κ3) is 4.85. The Labute approximate surface area is 101 Å². The van der Waals surface area contributed by atoms with E-state index in [2.05, 4.69) is 12.2 Å². The normalized spacial score (nSPS) is 10.6. The topological polar surface area (TPSA) is 21.3 Å². The average molecular weight is 248 g/mol. The lowest BCUT2D eigenvalue weighted by Crippen LogP contribution is -2.18. The van der Waals surface area contributed by atoms with E-state index in [1.54, 1.807) is 6.07 Å². The minimum Gasteiger partial charge on any atom is -0.375 e. The lowest BCUT2D eigenvalue weighted by molar-refractivity contribution is 0.123. The zero-order chi connectivity index (χ0) is 11.1. The Hall–Kier alpha value is -0.280. The van der Waals surface area contributed by atoms with Gasteiger partial charge in [-0.1, -0.05) is 36.2 Å². The van der Waals surface area contributed by atoms with Crippen LogP contribution >= 0.6 is 23.2 Å². The van der Waals surface area contributed by atoms with Gasteiger partial charge in [0.25, 0.3) is 0 Å². The van der Waals surface area contributed by atoms with Crippen LogP contribution in [0.5, 0.6) is 0 Å². The fourth-order valence-electron chi connectivity index (χ4n) is 1.14. The number of hydrogen-bond acceptors (Lipinski definition) is 2. The summed E-state index contributed by atoms with van der Waals surface area (Å²) in [6, 6.07) is 5.53. The predicted octanol–water partition coefficient (Wildman–Crippen LogP) is 3.12. The van der Waals surface area contributed by atoms with E-state index in [0.29, 0.717) is 23.3 Å². The third-order valence-corrected chi connectivity index (χ3v) is 2.66. The van der Waals surface area contributed by atoms with E-state index in [-0.39, 0.29) is 0 Å². The maximum Gasteiger partial charge on any atom is 0.0718 e. The van der Waals surface area contributed by atoms with Gasteiger partial charge in [-0.25, -0.2) is 0 Å². The Kier molecular flexibility index (Phi) is 6.03. The highest BCUT2D eigenvalue weighted by atomic mass is 35.5. The van der Waals surface area contributed by atoms with Crippen molar-refractivity contribution in [2.24, 2.45) is 0 Å². The second-order valence-corrected chi connectivity index (χ2v) is 3.97. The van der Waals surface area contributed by atoms with Gasteiger partial charge < -0.3 is 10.1 Å². The highest BCUT2D eigenvalue weighted by Gasteiger charge is 1.99. The first-order valence-electron chi connectivity index (χ1n) is 4.96. The molecule has 0 heterocycles. The molecule has 0 aliphatic rings. The van der Waals surface area contributed by atoms with E-state index in [0.717, 1.165) is 18.7 Å². The second kappa shape index (κ2) is 7.07. The zero-order valence-electron chi connectivity index (χ0n) is 8.72. The Morgan fingerprint density at radius 1 is 1.27 bits per heavy atom. The first-order valence-corrected chi connectivity index (χ1v) is 5.72. The van der Waals surface area contributed by atoms with Gasteiger partial charge in [-0.2, -0.15) is 0 Å². The largest absolute Gasteiger partial charge is 0.375 e. The van der Waals surface area contributed by atoms with Crippen LogP contribution in [0.2, 0.25) is 10.0 Å². The van der Waals surface area contributed by atoms with Gasteiger partial charge in [-0.3, -0.25) is 0 Å². The van der Waals surface area contributed by atoms with Gasteiger partial charge in [0.15, 0.2) is 0 Å². The lowest BCUT2D eigenvalue weighted by Gasteiger charge is -2.05. The van der Waals surface area contributed by atoms with Crippen LogP contribution in [-0.2, 0) is 11.3 Å². The highest BCUT2D eigenvalue weighted by Crippen LogP contribution is 2.22. The molecule has 0 amide bonds. The van der Waals surface area contributed by atoms with E-state index in [1.165, 1.54) is 0 Å². The molecule has 0 fully saturated rings. The quantitative estimate of drug-likeness (QED) is 0.781. The van der Waals surface area contributed by atoms with Crippen LogP contribution in [0.1, 0.15) is 12.5 Å². The molecule has 0 unspecified atom stereocenters. The fraction of sp³-hybridized carbons (Fsp3) is 0.455. The molecule has 4 heteroatoms. The summed E-state index contributed by atoms with van der Waals surface area (Å²) >= 11 is 11.7. The highest BCUT2D eigenvalue weighted by molar-refractivity contribution is 6.41. The summed E-state index contributed by atoms with van der Waals surface area (Å²) in [5.74, 6) is 0. The number of hydrogen-bond donors (Lipinski definition) is 1. The van der Waals surface area contributed by atoms with Gasteiger partial charge in [0.05, 0.1) is 23.3 Å². The van der Waals surface area contributed by atoms with Crippen molar-refractivity contribution in [1.82, 2.24) is 5.32 Å².